The van der Waals surface area contributed by atoms with Gasteiger partial charge in [-0.25, -0.2) is 9.37 Å². The number of imidazole rings is 1. The maximum Gasteiger partial charge on any atom is 0.151 e. The maximum atomic E-state index is 13.7. The third kappa shape index (κ3) is 1.90. The lowest BCUT2D eigenvalue weighted by Gasteiger charge is -2.06. The highest BCUT2D eigenvalue weighted by molar-refractivity contribution is 9.10. The first-order valence-corrected chi connectivity index (χ1v) is 6.53. The molecule has 0 spiro atoms. The molecule has 0 radical (unpaired) electrons. The van der Waals surface area contributed by atoms with Gasteiger partial charge in [0.2, 0.25) is 0 Å². The quantitative estimate of drug-likeness (QED) is 0.695. The minimum atomic E-state index is -0.324. The van der Waals surface area contributed by atoms with Crippen molar-refractivity contribution in [1.82, 2.24) is 9.55 Å². The van der Waals surface area contributed by atoms with Crippen molar-refractivity contribution in [1.29, 1.82) is 0 Å². The largest absolute Gasteiger partial charge is 0.398 e. The van der Waals surface area contributed by atoms with Crippen LogP contribution in [0.1, 0.15) is 0 Å². The average Bonchev–Trinajstić information content (AvgIpc) is 2.69. The van der Waals surface area contributed by atoms with Crippen molar-refractivity contribution in [3.05, 3.63) is 46.7 Å². The molecule has 0 atom stereocenters. The molecule has 0 aliphatic heterocycles. The monoisotopic (exact) mass is 319 g/mol. The van der Waals surface area contributed by atoms with Crippen molar-refractivity contribution >= 4 is 32.7 Å². The molecule has 0 fully saturated rings. The SMILES string of the molecule is Cn1c(-c2ccc(Br)cc2N)nc2c(F)cccc21. The minimum absolute atomic E-state index is 0.324. The molecular formula is C14H11BrFN3. The van der Waals surface area contributed by atoms with E-state index >= 15 is 0 Å². The van der Waals surface area contributed by atoms with Crippen LogP contribution in [0.25, 0.3) is 22.4 Å². The van der Waals surface area contributed by atoms with E-state index in [1.54, 1.807) is 6.07 Å². The van der Waals surface area contributed by atoms with Crippen LogP contribution in [0.15, 0.2) is 40.9 Å². The van der Waals surface area contributed by atoms with Crippen LogP contribution in [-0.4, -0.2) is 9.55 Å². The lowest BCUT2D eigenvalue weighted by Crippen LogP contribution is -1.96. The molecule has 96 valence electrons. The van der Waals surface area contributed by atoms with Gasteiger partial charge in [-0.3, -0.25) is 0 Å². The highest BCUT2D eigenvalue weighted by Gasteiger charge is 2.14. The molecule has 0 aliphatic carbocycles. The number of anilines is 1. The van der Waals surface area contributed by atoms with E-state index < -0.39 is 0 Å². The third-order valence-electron chi connectivity index (χ3n) is 3.12. The normalized spacial score (nSPS) is 11.1. The predicted octanol–water partition coefficient (Wildman–Crippen LogP) is 3.72. The maximum absolute atomic E-state index is 13.7. The van der Waals surface area contributed by atoms with Crippen LogP contribution in [0.4, 0.5) is 10.1 Å². The molecule has 1 heterocycles. The van der Waals surface area contributed by atoms with Gasteiger partial charge in [0.15, 0.2) is 5.82 Å². The van der Waals surface area contributed by atoms with E-state index in [0.717, 1.165) is 15.6 Å². The van der Waals surface area contributed by atoms with Crippen molar-refractivity contribution < 1.29 is 4.39 Å². The number of halogens is 2. The molecule has 3 nitrogen and oxygen atoms in total. The van der Waals surface area contributed by atoms with Gasteiger partial charge in [-0.05, 0) is 30.3 Å². The van der Waals surface area contributed by atoms with Crippen LogP contribution in [-0.2, 0) is 7.05 Å². The van der Waals surface area contributed by atoms with Crippen molar-refractivity contribution in [2.45, 2.75) is 0 Å². The van der Waals surface area contributed by atoms with Crippen molar-refractivity contribution in [2.75, 3.05) is 5.73 Å². The zero-order valence-electron chi connectivity index (χ0n) is 10.2. The Labute approximate surface area is 118 Å². The third-order valence-corrected chi connectivity index (χ3v) is 3.61. The molecule has 0 saturated heterocycles. The molecule has 0 unspecified atom stereocenters. The fourth-order valence-electron chi connectivity index (χ4n) is 2.16. The Morgan fingerprint density at radius 2 is 2.05 bits per heavy atom. The predicted molar refractivity (Wildman–Crippen MR) is 78.2 cm³/mol. The molecule has 2 aromatic carbocycles. The van der Waals surface area contributed by atoms with Gasteiger partial charge < -0.3 is 10.3 Å². The molecule has 5 heteroatoms. The summed E-state index contributed by atoms with van der Waals surface area (Å²) in [4.78, 5) is 4.37. The van der Waals surface area contributed by atoms with Crippen LogP contribution in [0.5, 0.6) is 0 Å². The minimum Gasteiger partial charge on any atom is -0.398 e. The van der Waals surface area contributed by atoms with Crippen LogP contribution < -0.4 is 5.73 Å². The number of fused-ring (bicyclic) bond motifs is 1. The Bertz CT molecular complexity index is 780. The van der Waals surface area contributed by atoms with E-state index in [-0.39, 0.29) is 5.82 Å². The smallest absolute Gasteiger partial charge is 0.151 e. The summed E-state index contributed by atoms with van der Waals surface area (Å²) in [6, 6.07) is 10.5. The van der Waals surface area contributed by atoms with Gasteiger partial charge in [0, 0.05) is 22.8 Å². The molecule has 2 N–H and O–H groups in total. The first-order chi connectivity index (χ1) is 9.08. The average molecular weight is 320 g/mol. The zero-order valence-corrected chi connectivity index (χ0v) is 11.8. The summed E-state index contributed by atoms with van der Waals surface area (Å²) in [6.07, 6.45) is 0. The van der Waals surface area contributed by atoms with E-state index in [9.17, 15) is 4.39 Å². The van der Waals surface area contributed by atoms with Gasteiger partial charge in [0.25, 0.3) is 0 Å². The molecular weight excluding hydrogens is 309 g/mol. The van der Waals surface area contributed by atoms with E-state index in [2.05, 4.69) is 20.9 Å². The van der Waals surface area contributed by atoms with Crippen LogP contribution in [0.2, 0.25) is 0 Å². The van der Waals surface area contributed by atoms with Gasteiger partial charge in [-0.15, -0.1) is 0 Å². The van der Waals surface area contributed by atoms with Crippen molar-refractivity contribution in [3.63, 3.8) is 0 Å². The van der Waals surface area contributed by atoms with Gasteiger partial charge >= 0.3 is 0 Å². The summed E-state index contributed by atoms with van der Waals surface area (Å²) < 4.78 is 16.5. The molecule has 0 bridgehead atoms. The Kier molecular flexibility index (Phi) is 2.78. The van der Waals surface area contributed by atoms with Crippen LogP contribution in [0, 0.1) is 5.82 Å². The number of nitrogens with zero attached hydrogens (tertiary/aromatic N) is 2. The lowest BCUT2D eigenvalue weighted by molar-refractivity contribution is 0.637. The second-order valence-electron chi connectivity index (χ2n) is 4.33. The number of benzene rings is 2. The van der Waals surface area contributed by atoms with Gasteiger partial charge in [-0.1, -0.05) is 22.0 Å². The summed E-state index contributed by atoms with van der Waals surface area (Å²) in [7, 11) is 1.85. The highest BCUT2D eigenvalue weighted by Crippen LogP contribution is 2.30. The summed E-state index contributed by atoms with van der Waals surface area (Å²) in [5.41, 5.74) is 8.51. The number of aromatic nitrogens is 2. The van der Waals surface area contributed by atoms with Crippen LogP contribution in [0.3, 0.4) is 0 Å². The van der Waals surface area contributed by atoms with Gasteiger partial charge in [-0.2, -0.15) is 0 Å². The standard InChI is InChI=1S/C14H11BrFN3/c1-19-12-4-2-3-10(16)13(12)18-14(19)9-6-5-8(15)7-11(9)17/h2-7H,17H2,1H3. The topological polar surface area (TPSA) is 43.8 Å². The molecule has 0 saturated carbocycles. The lowest BCUT2D eigenvalue weighted by atomic mass is 10.2. The number of hydrogen-bond donors (Lipinski definition) is 1. The van der Waals surface area contributed by atoms with E-state index in [0.29, 0.717) is 17.0 Å². The van der Waals surface area contributed by atoms with Gasteiger partial charge in [0.1, 0.15) is 11.3 Å². The number of aryl methyl sites for hydroxylation is 1. The molecule has 0 amide bonds. The van der Waals surface area contributed by atoms with Crippen molar-refractivity contribution in [2.24, 2.45) is 7.05 Å². The summed E-state index contributed by atoms with van der Waals surface area (Å²) in [5.74, 6) is 0.333. The Balaban J connectivity index is 2.31. The highest BCUT2D eigenvalue weighted by atomic mass is 79.9. The number of nitrogen functional groups attached to an aromatic ring is 1. The second-order valence-corrected chi connectivity index (χ2v) is 5.25. The fourth-order valence-corrected chi connectivity index (χ4v) is 2.54. The van der Waals surface area contributed by atoms with E-state index in [1.807, 2.05) is 35.9 Å². The first-order valence-electron chi connectivity index (χ1n) is 5.74. The van der Waals surface area contributed by atoms with E-state index in [1.165, 1.54) is 6.07 Å². The van der Waals surface area contributed by atoms with Crippen molar-refractivity contribution in [3.8, 4) is 11.4 Å². The first kappa shape index (κ1) is 12.2. The van der Waals surface area contributed by atoms with Gasteiger partial charge in [0.05, 0.1) is 5.52 Å². The van der Waals surface area contributed by atoms with E-state index in [4.69, 9.17) is 5.73 Å². The summed E-state index contributed by atoms with van der Waals surface area (Å²) in [6.45, 7) is 0. The number of hydrogen-bond acceptors (Lipinski definition) is 2. The Morgan fingerprint density at radius 1 is 1.26 bits per heavy atom. The Hall–Kier alpha value is -1.88. The fraction of sp³-hybridized carbons (Fsp3) is 0.0714. The summed E-state index contributed by atoms with van der Waals surface area (Å²) in [5, 5.41) is 0. The Morgan fingerprint density at radius 3 is 2.74 bits per heavy atom. The molecule has 3 aromatic rings. The molecule has 0 aliphatic rings. The zero-order chi connectivity index (χ0) is 13.6. The number of nitrogens with two attached hydrogens (primary N) is 1. The number of rotatable bonds is 1. The summed E-state index contributed by atoms with van der Waals surface area (Å²) >= 11 is 3.37. The second kappa shape index (κ2) is 4.35. The van der Waals surface area contributed by atoms with Crippen LogP contribution >= 0.6 is 15.9 Å². The molecule has 3 rings (SSSR count). The molecule has 19 heavy (non-hydrogen) atoms. The number of para-hydroxylation sites is 1. The molecule has 1 aromatic heterocycles.